The van der Waals surface area contributed by atoms with E-state index in [1.54, 1.807) is 0 Å². The van der Waals surface area contributed by atoms with Crippen molar-refractivity contribution in [2.24, 2.45) is 0 Å². The Balaban J connectivity index is 1.47. The number of benzene rings is 3. The van der Waals surface area contributed by atoms with E-state index >= 15 is 0 Å². The van der Waals surface area contributed by atoms with Crippen LogP contribution in [0, 0.1) is 0 Å². The second kappa shape index (κ2) is 10.9. The number of carbonyl (C=O) groups is 1. The highest BCUT2D eigenvalue weighted by Gasteiger charge is 2.36. The zero-order valence-electron chi connectivity index (χ0n) is 21.1. The Kier molecular flexibility index (Phi) is 7.26. The van der Waals surface area contributed by atoms with Crippen molar-refractivity contribution >= 4 is 17.2 Å². The molecule has 0 aromatic heterocycles. The van der Waals surface area contributed by atoms with Crippen LogP contribution in [0.1, 0.15) is 62.6 Å². The molecule has 1 heterocycles. The summed E-state index contributed by atoms with van der Waals surface area (Å²) in [6, 6.07) is 24.3. The van der Waals surface area contributed by atoms with Gasteiger partial charge in [0.15, 0.2) is 5.78 Å². The second-order valence-electron chi connectivity index (χ2n) is 9.50. The van der Waals surface area contributed by atoms with Crippen molar-refractivity contribution in [2.45, 2.75) is 51.5 Å². The highest BCUT2D eigenvalue weighted by Crippen LogP contribution is 2.44. The Bertz CT molecular complexity index is 1230. The zero-order chi connectivity index (χ0) is 24.9. The smallest absolute Gasteiger partial charge is 0.163 e. The number of para-hydroxylation sites is 2. The summed E-state index contributed by atoms with van der Waals surface area (Å²) in [6.07, 6.45) is 3.21. The van der Waals surface area contributed by atoms with Crippen LogP contribution >= 0.6 is 0 Å². The molecule has 0 saturated heterocycles. The van der Waals surface area contributed by atoms with Crippen LogP contribution in [0.15, 0.2) is 84.1 Å². The lowest BCUT2D eigenvalue weighted by Crippen LogP contribution is -2.26. The average Bonchev–Trinajstić information content (AvgIpc) is 3.08. The van der Waals surface area contributed by atoms with Crippen LogP contribution in [-0.2, 0) is 4.79 Å². The first-order valence-corrected chi connectivity index (χ1v) is 13.0. The number of ketones is 1. The number of Topliss-reactive ketones (excluding diaryl/α,β-unsaturated/α-hetero) is 1. The van der Waals surface area contributed by atoms with E-state index in [-0.39, 0.29) is 17.7 Å². The van der Waals surface area contributed by atoms with Gasteiger partial charge < -0.3 is 20.1 Å². The molecule has 36 heavy (non-hydrogen) atoms. The first kappa shape index (κ1) is 24.0. The molecule has 5 rings (SSSR count). The summed E-state index contributed by atoms with van der Waals surface area (Å²) < 4.78 is 11.5. The number of anilines is 2. The van der Waals surface area contributed by atoms with Gasteiger partial charge in [-0.2, -0.15) is 0 Å². The molecule has 0 saturated carbocycles. The fraction of sp³-hybridized carbons (Fsp3) is 0.323. The van der Waals surface area contributed by atoms with E-state index in [1.165, 1.54) is 5.56 Å². The third-order valence-corrected chi connectivity index (χ3v) is 6.82. The predicted octanol–water partition coefficient (Wildman–Crippen LogP) is 7.24. The van der Waals surface area contributed by atoms with Crippen molar-refractivity contribution in [3.05, 3.63) is 95.2 Å². The fourth-order valence-electron chi connectivity index (χ4n) is 5.01. The van der Waals surface area contributed by atoms with E-state index in [0.717, 1.165) is 59.0 Å². The number of hydrogen-bond donors (Lipinski definition) is 2. The van der Waals surface area contributed by atoms with Gasteiger partial charge >= 0.3 is 0 Å². The molecule has 0 fully saturated rings. The van der Waals surface area contributed by atoms with Crippen molar-refractivity contribution < 1.29 is 14.3 Å². The van der Waals surface area contributed by atoms with Gasteiger partial charge in [-0.3, -0.25) is 4.79 Å². The number of nitrogens with one attached hydrogen (secondary N) is 2. The number of hydrogen-bond acceptors (Lipinski definition) is 5. The maximum absolute atomic E-state index is 13.7. The Morgan fingerprint density at radius 2 is 1.33 bits per heavy atom. The highest BCUT2D eigenvalue weighted by molar-refractivity contribution is 6.01. The summed E-state index contributed by atoms with van der Waals surface area (Å²) in [5.41, 5.74) is 6.02. The summed E-state index contributed by atoms with van der Waals surface area (Å²) in [6.45, 7) is 5.60. The Labute approximate surface area is 213 Å². The Morgan fingerprint density at radius 3 is 1.94 bits per heavy atom. The van der Waals surface area contributed by atoms with Gasteiger partial charge in [0.05, 0.1) is 30.6 Å². The Morgan fingerprint density at radius 1 is 0.750 bits per heavy atom. The molecule has 5 heteroatoms. The van der Waals surface area contributed by atoms with Gasteiger partial charge in [-0.05, 0) is 72.7 Å². The lowest BCUT2D eigenvalue weighted by atomic mass is 9.78. The minimum atomic E-state index is -0.227. The molecule has 2 N–H and O–H groups in total. The standard InChI is InChI=1S/C31H34N2O3/c1-3-17-35-24-13-9-21(10-14-24)23-19-28-30(29(34)20-23)31(33-27-8-6-5-7-26(27)32-28)22-11-15-25(16-12-22)36-18-4-2/h5-16,23,31-33H,3-4,17-20H2,1-2H3. The maximum Gasteiger partial charge on any atom is 0.163 e. The molecule has 1 aliphatic heterocycles. The van der Waals surface area contributed by atoms with Crippen LogP contribution in [0.25, 0.3) is 0 Å². The summed E-state index contributed by atoms with van der Waals surface area (Å²) >= 11 is 0. The highest BCUT2D eigenvalue weighted by atomic mass is 16.5. The van der Waals surface area contributed by atoms with Crippen molar-refractivity contribution in [2.75, 3.05) is 23.8 Å². The molecular weight excluding hydrogens is 448 g/mol. The van der Waals surface area contributed by atoms with Gasteiger partial charge in [-0.1, -0.05) is 50.2 Å². The molecule has 2 unspecified atom stereocenters. The van der Waals surface area contributed by atoms with Crippen LogP contribution in [0.4, 0.5) is 11.4 Å². The van der Waals surface area contributed by atoms with Crippen LogP contribution in [-0.4, -0.2) is 19.0 Å². The molecule has 3 aromatic carbocycles. The number of ether oxygens (including phenoxy) is 2. The van der Waals surface area contributed by atoms with E-state index in [4.69, 9.17) is 9.47 Å². The van der Waals surface area contributed by atoms with Crippen LogP contribution in [0.5, 0.6) is 11.5 Å². The first-order valence-electron chi connectivity index (χ1n) is 13.0. The third kappa shape index (κ3) is 5.11. The second-order valence-corrected chi connectivity index (χ2v) is 9.50. The summed E-state index contributed by atoms with van der Waals surface area (Å²) in [5.74, 6) is 2.03. The summed E-state index contributed by atoms with van der Waals surface area (Å²) in [4.78, 5) is 13.7. The van der Waals surface area contributed by atoms with E-state index in [2.05, 4.69) is 60.9 Å². The number of allylic oxidation sites excluding steroid dienone is 1. The Hall–Kier alpha value is -3.73. The molecule has 0 radical (unpaired) electrons. The molecule has 186 valence electrons. The number of fused-ring (bicyclic) bond motifs is 1. The van der Waals surface area contributed by atoms with Crippen molar-refractivity contribution in [1.29, 1.82) is 0 Å². The molecule has 2 atom stereocenters. The van der Waals surface area contributed by atoms with Crippen LogP contribution in [0.2, 0.25) is 0 Å². The molecule has 0 amide bonds. The maximum atomic E-state index is 13.7. The summed E-state index contributed by atoms with van der Waals surface area (Å²) in [5, 5.41) is 7.27. The lowest BCUT2D eigenvalue weighted by molar-refractivity contribution is -0.116. The number of carbonyl (C=O) groups excluding carboxylic acids is 1. The van der Waals surface area contributed by atoms with Crippen molar-refractivity contribution in [3.8, 4) is 11.5 Å². The molecule has 0 spiro atoms. The lowest BCUT2D eigenvalue weighted by Gasteiger charge is -2.30. The predicted molar refractivity (Wildman–Crippen MR) is 145 cm³/mol. The van der Waals surface area contributed by atoms with Crippen molar-refractivity contribution in [1.82, 2.24) is 0 Å². The average molecular weight is 483 g/mol. The first-order chi connectivity index (χ1) is 17.7. The van der Waals surface area contributed by atoms with E-state index in [0.29, 0.717) is 19.6 Å². The number of rotatable bonds is 8. The van der Waals surface area contributed by atoms with Gasteiger partial charge in [0, 0.05) is 17.7 Å². The van der Waals surface area contributed by atoms with Gasteiger partial charge in [0.25, 0.3) is 0 Å². The van der Waals surface area contributed by atoms with Gasteiger partial charge in [-0.15, -0.1) is 0 Å². The SMILES string of the molecule is CCCOc1ccc(C2CC(=O)C3=C(C2)Nc2ccccc2NC3c2ccc(OCCC)cc2)cc1. The van der Waals surface area contributed by atoms with E-state index in [1.807, 2.05) is 36.4 Å². The van der Waals surface area contributed by atoms with E-state index in [9.17, 15) is 4.79 Å². The van der Waals surface area contributed by atoms with Gasteiger partial charge in [0.2, 0.25) is 0 Å². The third-order valence-electron chi connectivity index (χ3n) is 6.82. The van der Waals surface area contributed by atoms with E-state index < -0.39 is 0 Å². The minimum Gasteiger partial charge on any atom is -0.494 e. The summed E-state index contributed by atoms with van der Waals surface area (Å²) in [7, 11) is 0. The topological polar surface area (TPSA) is 59.6 Å². The minimum absolute atomic E-state index is 0.125. The van der Waals surface area contributed by atoms with Gasteiger partial charge in [0.1, 0.15) is 11.5 Å². The monoisotopic (exact) mass is 482 g/mol. The molecule has 0 bridgehead atoms. The normalized spacial score (nSPS) is 18.9. The largest absolute Gasteiger partial charge is 0.494 e. The molecule has 1 aliphatic carbocycles. The molecule has 2 aliphatic rings. The van der Waals surface area contributed by atoms with Crippen LogP contribution < -0.4 is 20.1 Å². The van der Waals surface area contributed by atoms with Crippen LogP contribution in [0.3, 0.4) is 0 Å². The van der Waals surface area contributed by atoms with Gasteiger partial charge in [-0.25, -0.2) is 0 Å². The zero-order valence-corrected chi connectivity index (χ0v) is 21.1. The quantitative estimate of drug-likeness (QED) is 0.354. The molecule has 3 aromatic rings. The molecular formula is C31H34N2O3. The van der Waals surface area contributed by atoms with Crippen molar-refractivity contribution in [3.63, 3.8) is 0 Å². The molecule has 5 nitrogen and oxygen atoms in total. The fourth-order valence-corrected chi connectivity index (χ4v) is 5.01.